The predicted molar refractivity (Wildman–Crippen MR) is 104 cm³/mol. The van der Waals surface area contributed by atoms with Gasteiger partial charge >= 0.3 is 0 Å². The number of piperidine rings is 1. The molecular weight excluding hydrogens is 336 g/mol. The first-order valence-electron chi connectivity index (χ1n) is 8.82. The van der Waals surface area contributed by atoms with Gasteiger partial charge in [-0.1, -0.05) is 11.9 Å². The van der Waals surface area contributed by atoms with Crippen molar-refractivity contribution in [2.45, 2.75) is 46.3 Å². The van der Waals surface area contributed by atoms with Crippen LogP contribution in [0.25, 0.3) is 11.0 Å². The van der Waals surface area contributed by atoms with Crippen molar-refractivity contribution in [3.05, 3.63) is 17.1 Å². The molecule has 2 aromatic rings. The molecule has 0 spiro atoms. The zero-order valence-electron chi connectivity index (χ0n) is 15.5. The van der Waals surface area contributed by atoms with Gasteiger partial charge < -0.3 is 15.9 Å². The van der Waals surface area contributed by atoms with Crippen LogP contribution in [-0.2, 0) is 11.3 Å². The summed E-state index contributed by atoms with van der Waals surface area (Å²) in [5, 5.41) is 0. The van der Waals surface area contributed by atoms with Crippen molar-refractivity contribution in [2.24, 2.45) is 0 Å². The van der Waals surface area contributed by atoms with Gasteiger partial charge in [-0.3, -0.25) is 4.31 Å². The molecule has 0 aromatic carbocycles. The van der Waals surface area contributed by atoms with Crippen molar-refractivity contribution in [3.63, 3.8) is 0 Å². The number of nitrogens with one attached hydrogen (secondary N) is 1. The number of aryl methyl sites for hydroxylation is 2. The summed E-state index contributed by atoms with van der Waals surface area (Å²) in [5.41, 5.74) is 13.6. The van der Waals surface area contributed by atoms with Crippen molar-refractivity contribution in [3.8, 4) is 0 Å². The molecule has 3 rings (SSSR count). The Hall–Kier alpha value is -1.51. The minimum Gasteiger partial charge on any atom is -0.382 e. The standard InChI is InChI=1S/C17H28N6OS/c1-5-24-10-14-20-15-16(11(2)12(3)19-17(15)18)23(14)21-13-6-8-22(25-4)9-7-13/h13,21H,5-10H2,1-4H3,(H2,18,19). The molecule has 7 nitrogen and oxygen atoms in total. The van der Waals surface area contributed by atoms with Gasteiger partial charge in [0.1, 0.15) is 12.1 Å². The van der Waals surface area contributed by atoms with E-state index in [9.17, 15) is 0 Å². The molecule has 8 heteroatoms. The number of hydrogen-bond donors (Lipinski definition) is 2. The highest BCUT2D eigenvalue weighted by Crippen LogP contribution is 2.26. The first kappa shape index (κ1) is 18.3. The Balaban J connectivity index is 1.96. The van der Waals surface area contributed by atoms with Crippen LogP contribution in [0.15, 0.2) is 0 Å². The van der Waals surface area contributed by atoms with Gasteiger partial charge in [0.15, 0.2) is 11.6 Å². The number of pyridine rings is 1. The van der Waals surface area contributed by atoms with Crippen LogP contribution in [0.4, 0.5) is 5.82 Å². The largest absolute Gasteiger partial charge is 0.382 e. The highest BCUT2D eigenvalue weighted by atomic mass is 32.2. The Morgan fingerprint density at radius 3 is 2.64 bits per heavy atom. The lowest BCUT2D eigenvalue weighted by atomic mass is 10.1. The van der Waals surface area contributed by atoms with Crippen molar-refractivity contribution < 1.29 is 4.74 Å². The molecule has 0 unspecified atom stereocenters. The molecule has 0 bridgehead atoms. The second-order valence-electron chi connectivity index (χ2n) is 6.42. The summed E-state index contributed by atoms with van der Waals surface area (Å²) in [6, 6.07) is 0.412. The fraction of sp³-hybridized carbons (Fsp3) is 0.647. The van der Waals surface area contributed by atoms with E-state index in [1.165, 1.54) is 0 Å². The summed E-state index contributed by atoms with van der Waals surface area (Å²) in [7, 11) is 0. The average Bonchev–Trinajstić information content (AvgIpc) is 2.97. The maximum Gasteiger partial charge on any atom is 0.154 e. The fourth-order valence-corrected chi connectivity index (χ4v) is 3.83. The van der Waals surface area contributed by atoms with Gasteiger partial charge in [0.2, 0.25) is 0 Å². The summed E-state index contributed by atoms with van der Waals surface area (Å²) in [6.07, 6.45) is 4.35. The van der Waals surface area contributed by atoms with Crippen LogP contribution in [0, 0.1) is 13.8 Å². The number of nitrogens with two attached hydrogens (primary N) is 1. The molecule has 0 atom stereocenters. The van der Waals surface area contributed by atoms with Gasteiger partial charge in [0, 0.05) is 31.4 Å². The summed E-state index contributed by atoms with van der Waals surface area (Å²) in [5.74, 6) is 1.33. The summed E-state index contributed by atoms with van der Waals surface area (Å²) in [4.78, 5) is 9.15. The molecule has 3 heterocycles. The predicted octanol–water partition coefficient (Wildman–Crippen LogP) is 2.45. The van der Waals surface area contributed by atoms with Gasteiger partial charge in [-0.2, -0.15) is 0 Å². The van der Waals surface area contributed by atoms with E-state index in [0.29, 0.717) is 25.1 Å². The molecule has 2 aromatic heterocycles. The van der Waals surface area contributed by atoms with Gasteiger partial charge in [-0.05, 0) is 45.4 Å². The van der Waals surface area contributed by atoms with Crippen molar-refractivity contribution in [2.75, 3.05) is 37.1 Å². The van der Waals surface area contributed by atoms with Crippen LogP contribution in [0.5, 0.6) is 0 Å². The van der Waals surface area contributed by atoms with Crippen molar-refractivity contribution in [1.82, 2.24) is 18.9 Å². The van der Waals surface area contributed by atoms with Crippen LogP contribution in [0.2, 0.25) is 0 Å². The third kappa shape index (κ3) is 3.70. The minimum atomic E-state index is 0.412. The van der Waals surface area contributed by atoms with Crippen LogP contribution in [0.3, 0.4) is 0 Å². The fourth-order valence-electron chi connectivity index (χ4n) is 3.26. The van der Waals surface area contributed by atoms with E-state index in [4.69, 9.17) is 15.5 Å². The molecule has 1 aliphatic heterocycles. The summed E-state index contributed by atoms with van der Waals surface area (Å²) >= 11 is 1.82. The normalized spacial score (nSPS) is 16.6. The lowest BCUT2D eigenvalue weighted by Gasteiger charge is -2.31. The Kier molecular flexibility index (Phi) is 5.71. The molecule has 138 valence electrons. The topological polar surface area (TPSA) is 81.2 Å². The Bertz CT molecular complexity index is 739. The summed E-state index contributed by atoms with van der Waals surface area (Å²) < 4.78 is 10.1. The minimum absolute atomic E-state index is 0.412. The number of nitrogens with zero attached hydrogens (tertiary/aromatic N) is 4. The second-order valence-corrected chi connectivity index (χ2v) is 7.30. The molecule has 0 amide bonds. The van der Waals surface area contributed by atoms with E-state index >= 15 is 0 Å². The van der Waals surface area contributed by atoms with Gasteiger partial charge in [-0.25, -0.2) is 14.6 Å². The molecule has 1 aliphatic rings. The Morgan fingerprint density at radius 2 is 2.00 bits per heavy atom. The highest BCUT2D eigenvalue weighted by molar-refractivity contribution is 7.96. The monoisotopic (exact) mass is 364 g/mol. The lowest BCUT2D eigenvalue weighted by Crippen LogP contribution is -2.39. The van der Waals surface area contributed by atoms with E-state index in [2.05, 4.69) is 32.6 Å². The summed E-state index contributed by atoms with van der Waals surface area (Å²) in [6.45, 7) is 9.35. The van der Waals surface area contributed by atoms with Crippen LogP contribution < -0.4 is 11.2 Å². The van der Waals surface area contributed by atoms with E-state index in [-0.39, 0.29) is 0 Å². The van der Waals surface area contributed by atoms with E-state index in [1.807, 2.05) is 25.8 Å². The van der Waals surface area contributed by atoms with Gasteiger partial charge in [0.05, 0.1) is 5.52 Å². The number of imidazole rings is 1. The number of rotatable bonds is 6. The Morgan fingerprint density at radius 1 is 1.28 bits per heavy atom. The number of ether oxygens (including phenoxy) is 1. The number of nitrogen functional groups attached to an aromatic ring is 1. The maximum atomic E-state index is 6.14. The number of aromatic nitrogens is 3. The molecular formula is C17H28N6OS. The smallest absolute Gasteiger partial charge is 0.154 e. The van der Waals surface area contributed by atoms with Gasteiger partial charge in [0.25, 0.3) is 0 Å². The number of hydrogen-bond acceptors (Lipinski definition) is 7. The highest BCUT2D eigenvalue weighted by Gasteiger charge is 2.23. The Labute approximate surface area is 153 Å². The van der Waals surface area contributed by atoms with E-state index in [0.717, 1.165) is 54.0 Å². The zero-order valence-corrected chi connectivity index (χ0v) is 16.3. The number of fused-ring (bicyclic) bond motifs is 1. The molecule has 1 fully saturated rings. The first-order chi connectivity index (χ1) is 12.0. The molecule has 1 saturated heterocycles. The van der Waals surface area contributed by atoms with Crippen LogP contribution in [-0.4, -0.2) is 50.9 Å². The van der Waals surface area contributed by atoms with Crippen molar-refractivity contribution in [1.29, 1.82) is 0 Å². The molecule has 0 radical (unpaired) electrons. The third-order valence-corrected chi connectivity index (χ3v) is 5.72. The van der Waals surface area contributed by atoms with Crippen LogP contribution in [0.1, 0.15) is 36.8 Å². The molecule has 0 saturated carbocycles. The molecule has 3 N–H and O–H groups in total. The second kappa shape index (κ2) is 7.80. The third-order valence-electron chi connectivity index (χ3n) is 4.83. The molecule has 0 aliphatic carbocycles. The lowest BCUT2D eigenvalue weighted by molar-refractivity contribution is 0.126. The van der Waals surface area contributed by atoms with E-state index < -0.39 is 0 Å². The zero-order chi connectivity index (χ0) is 18.0. The average molecular weight is 365 g/mol. The maximum absolute atomic E-state index is 6.14. The quantitative estimate of drug-likeness (QED) is 0.762. The van der Waals surface area contributed by atoms with Crippen molar-refractivity contribution >= 4 is 28.8 Å². The SMILES string of the molecule is CCOCc1nc2c(N)nc(C)c(C)c2n1NC1CCN(SC)CC1. The van der Waals surface area contributed by atoms with Crippen LogP contribution >= 0.6 is 11.9 Å². The molecule has 25 heavy (non-hydrogen) atoms. The number of anilines is 1. The van der Waals surface area contributed by atoms with E-state index in [1.54, 1.807) is 0 Å². The van der Waals surface area contributed by atoms with Gasteiger partial charge in [-0.15, -0.1) is 0 Å². The first-order valence-corrected chi connectivity index (χ1v) is 10.0.